The Balaban J connectivity index is 1.83. The van der Waals surface area contributed by atoms with Crippen LogP contribution in [-0.2, 0) is 6.54 Å². The molecule has 1 N–H and O–H groups in total. The molecule has 2 aromatic carbocycles. The van der Waals surface area contributed by atoms with E-state index in [2.05, 4.69) is 15.3 Å². The molecule has 0 spiro atoms. The topological polar surface area (TPSA) is 54.9 Å². The maximum atomic E-state index is 12.3. The molecule has 1 heterocycles. The van der Waals surface area contributed by atoms with Crippen LogP contribution < -0.4 is 5.32 Å². The molecule has 0 unspecified atom stereocenters. The van der Waals surface area contributed by atoms with Crippen LogP contribution in [0.1, 0.15) is 21.7 Å². The van der Waals surface area contributed by atoms with Crippen molar-refractivity contribution in [1.82, 2.24) is 15.3 Å². The molecule has 0 fully saturated rings. The van der Waals surface area contributed by atoms with Crippen LogP contribution in [0.15, 0.2) is 48.5 Å². The minimum atomic E-state index is -0.254. The van der Waals surface area contributed by atoms with Gasteiger partial charge in [-0.25, -0.2) is 9.97 Å². The van der Waals surface area contributed by atoms with E-state index in [-0.39, 0.29) is 5.91 Å². The number of nitrogens with one attached hydrogen (secondary N) is 1. The third-order valence-electron chi connectivity index (χ3n) is 3.36. The van der Waals surface area contributed by atoms with Crippen molar-refractivity contribution in [1.29, 1.82) is 0 Å². The van der Waals surface area contributed by atoms with E-state index in [0.29, 0.717) is 28.5 Å². The number of carbonyl (C=O) groups excluding carboxylic acids is 1. The van der Waals surface area contributed by atoms with Crippen LogP contribution in [0.5, 0.6) is 0 Å². The summed E-state index contributed by atoms with van der Waals surface area (Å²) in [6, 6.07) is 14.9. The second-order valence-electron chi connectivity index (χ2n) is 4.92. The average Bonchev–Trinajstić information content (AvgIpc) is 2.53. The van der Waals surface area contributed by atoms with Crippen LogP contribution in [0.2, 0.25) is 5.02 Å². The lowest BCUT2D eigenvalue weighted by Gasteiger charge is -2.09. The Hall–Kier alpha value is -2.46. The molecule has 4 nitrogen and oxygen atoms in total. The van der Waals surface area contributed by atoms with Crippen LogP contribution in [0, 0.1) is 6.92 Å². The summed E-state index contributed by atoms with van der Waals surface area (Å²) >= 11 is 6.08. The Labute approximate surface area is 133 Å². The number of rotatable bonds is 3. The Morgan fingerprint density at radius 2 is 1.68 bits per heavy atom. The molecule has 110 valence electrons. The van der Waals surface area contributed by atoms with Crippen molar-refractivity contribution in [2.24, 2.45) is 0 Å². The van der Waals surface area contributed by atoms with Gasteiger partial charge in [0.15, 0.2) is 0 Å². The monoisotopic (exact) mass is 311 g/mol. The van der Waals surface area contributed by atoms with E-state index in [0.717, 1.165) is 11.1 Å². The quantitative estimate of drug-likeness (QED) is 0.805. The number of benzene rings is 2. The average molecular weight is 312 g/mol. The van der Waals surface area contributed by atoms with E-state index >= 15 is 0 Å². The van der Waals surface area contributed by atoms with Gasteiger partial charge in [-0.05, 0) is 30.7 Å². The molecule has 0 aliphatic rings. The van der Waals surface area contributed by atoms with Crippen molar-refractivity contribution >= 4 is 28.5 Å². The molecule has 1 amide bonds. The lowest BCUT2D eigenvalue weighted by molar-refractivity contribution is 0.0945. The standard InChI is InChI=1S/C17H14ClN3O/c1-11-16(21-15-9-5-4-8-14(15)20-11)17(22)19-10-12-6-2-3-7-13(12)18/h2-9H,10H2,1H3,(H,19,22). The first-order valence-electron chi connectivity index (χ1n) is 6.90. The summed E-state index contributed by atoms with van der Waals surface area (Å²) in [7, 11) is 0. The molecule has 3 aromatic rings. The molecule has 22 heavy (non-hydrogen) atoms. The highest BCUT2D eigenvalue weighted by atomic mass is 35.5. The van der Waals surface area contributed by atoms with Gasteiger partial charge < -0.3 is 5.32 Å². The van der Waals surface area contributed by atoms with Gasteiger partial charge in [-0.2, -0.15) is 0 Å². The SMILES string of the molecule is Cc1nc2ccccc2nc1C(=O)NCc1ccccc1Cl. The molecule has 5 heteroatoms. The van der Waals surface area contributed by atoms with E-state index in [1.54, 1.807) is 13.0 Å². The summed E-state index contributed by atoms with van der Waals surface area (Å²) in [6.45, 7) is 2.14. The fourth-order valence-corrected chi connectivity index (χ4v) is 2.41. The van der Waals surface area contributed by atoms with Gasteiger partial charge in [-0.1, -0.05) is 41.9 Å². The molecule has 3 rings (SSSR count). The van der Waals surface area contributed by atoms with Crippen molar-refractivity contribution in [3.63, 3.8) is 0 Å². The number of fused-ring (bicyclic) bond motifs is 1. The van der Waals surface area contributed by atoms with E-state index in [9.17, 15) is 4.79 Å². The predicted octanol–water partition coefficient (Wildman–Crippen LogP) is 3.52. The minimum Gasteiger partial charge on any atom is -0.347 e. The number of amides is 1. The molecule has 0 saturated carbocycles. The summed E-state index contributed by atoms with van der Waals surface area (Å²) in [5.41, 5.74) is 3.30. The highest BCUT2D eigenvalue weighted by molar-refractivity contribution is 6.31. The number of nitrogens with zero attached hydrogens (tertiary/aromatic N) is 2. The third-order valence-corrected chi connectivity index (χ3v) is 3.73. The molecule has 1 aromatic heterocycles. The Morgan fingerprint density at radius 1 is 1.05 bits per heavy atom. The summed E-state index contributed by atoms with van der Waals surface area (Å²) in [4.78, 5) is 21.2. The molecule has 0 aliphatic heterocycles. The first-order chi connectivity index (χ1) is 10.6. The highest BCUT2D eigenvalue weighted by Gasteiger charge is 2.13. The molecule has 0 bridgehead atoms. The zero-order valence-corrected chi connectivity index (χ0v) is 12.8. The van der Waals surface area contributed by atoms with E-state index < -0.39 is 0 Å². The predicted molar refractivity (Wildman–Crippen MR) is 86.9 cm³/mol. The summed E-state index contributed by atoms with van der Waals surface area (Å²) < 4.78 is 0. The van der Waals surface area contributed by atoms with Crippen LogP contribution >= 0.6 is 11.6 Å². The third kappa shape index (κ3) is 2.92. The van der Waals surface area contributed by atoms with Gasteiger partial charge in [0.2, 0.25) is 0 Å². The van der Waals surface area contributed by atoms with Crippen LogP contribution in [-0.4, -0.2) is 15.9 Å². The molecular weight excluding hydrogens is 298 g/mol. The fraction of sp³-hybridized carbons (Fsp3) is 0.118. The van der Waals surface area contributed by atoms with Crippen molar-refractivity contribution in [3.8, 4) is 0 Å². The van der Waals surface area contributed by atoms with Gasteiger partial charge >= 0.3 is 0 Å². The maximum Gasteiger partial charge on any atom is 0.272 e. The normalized spacial score (nSPS) is 10.6. The fourth-order valence-electron chi connectivity index (χ4n) is 2.20. The summed E-state index contributed by atoms with van der Waals surface area (Å²) in [5, 5.41) is 3.46. The number of halogens is 1. The van der Waals surface area contributed by atoms with Gasteiger partial charge in [0.1, 0.15) is 5.69 Å². The summed E-state index contributed by atoms with van der Waals surface area (Å²) in [5.74, 6) is -0.254. The van der Waals surface area contributed by atoms with Crippen molar-refractivity contribution < 1.29 is 4.79 Å². The van der Waals surface area contributed by atoms with E-state index in [1.807, 2.05) is 42.5 Å². The van der Waals surface area contributed by atoms with Crippen molar-refractivity contribution in [2.75, 3.05) is 0 Å². The number of para-hydroxylation sites is 2. The summed E-state index contributed by atoms with van der Waals surface area (Å²) in [6.07, 6.45) is 0. The van der Waals surface area contributed by atoms with Gasteiger partial charge in [0.05, 0.1) is 16.7 Å². The van der Waals surface area contributed by atoms with Crippen molar-refractivity contribution in [2.45, 2.75) is 13.5 Å². The number of hydrogen-bond donors (Lipinski definition) is 1. The zero-order valence-electron chi connectivity index (χ0n) is 12.0. The lowest BCUT2D eigenvalue weighted by atomic mass is 10.2. The lowest BCUT2D eigenvalue weighted by Crippen LogP contribution is -2.25. The Morgan fingerprint density at radius 3 is 2.41 bits per heavy atom. The second-order valence-corrected chi connectivity index (χ2v) is 5.33. The number of aryl methyl sites for hydroxylation is 1. The first kappa shape index (κ1) is 14.5. The van der Waals surface area contributed by atoms with Gasteiger partial charge in [-0.3, -0.25) is 4.79 Å². The smallest absolute Gasteiger partial charge is 0.272 e. The number of carbonyl (C=O) groups is 1. The molecule has 0 radical (unpaired) electrons. The van der Waals surface area contributed by atoms with E-state index in [4.69, 9.17) is 11.6 Å². The second kappa shape index (κ2) is 6.12. The van der Waals surface area contributed by atoms with Gasteiger partial charge in [0, 0.05) is 11.6 Å². The molecule has 0 atom stereocenters. The minimum absolute atomic E-state index is 0.254. The Bertz CT molecular complexity index is 848. The zero-order chi connectivity index (χ0) is 15.5. The van der Waals surface area contributed by atoms with Gasteiger partial charge in [0.25, 0.3) is 5.91 Å². The van der Waals surface area contributed by atoms with Crippen molar-refractivity contribution in [3.05, 3.63) is 70.5 Å². The largest absolute Gasteiger partial charge is 0.347 e. The maximum absolute atomic E-state index is 12.3. The van der Waals surface area contributed by atoms with Gasteiger partial charge in [-0.15, -0.1) is 0 Å². The van der Waals surface area contributed by atoms with E-state index in [1.165, 1.54) is 0 Å². The molecular formula is C17H14ClN3O. The Kier molecular flexibility index (Phi) is 4.02. The molecule has 0 saturated heterocycles. The van der Waals surface area contributed by atoms with Crippen LogP contribution in [0.4, 0.5) is 0 Å². The highest BCUT2D eigenvalue weighted by Crippen LogP contribution is 2.15. The van der Waals surface area contributed by atoms with Crippen LogP contribution in [0.25, 0.3) is 11.0 Å². The first-order valence-corrected chi connectivity index (χ1v) is 7.28. The number of hydrogen-bond acceptors (Lipinski definition) is 3. The molecule has 0 aliphatic carbocycles. The number of aromatic nitrogens is 2. The van der Waals surface area contributed by atoms with Crippen LogP contribution in [0.3, 0.4) is 0 Å².